The van der Waals surface area contributed by atoms with Gasteiger partial charge < -0.3 is 11.1 Å². The summed E-state index contributed by atoms with van der Waals surface area (Å²) in [6.45, 7) is 0.887. The predicted molar refractivity (Wildman–Crippen MR) is 63.9 cm³/mol. The van der Waals surface area contributed by atoms with Crippen LogP contribution in [0.3, 0.4) is 0 Å². The fourth-order valence-corrected chi connectivity index (χ4v) is 2.32. The SMILES string of the molecule is NC1CCC(NCc2cccc(Cl)c2)C1. The van der Waals surface area contributed by atoms with Crippen molar-refractivity contribution in [1.29, 1.82) is 0 Å². The molecule has 15 heavy (non-hydrogen) atoms. The van der Waals surface area contributed by atoms with E-state index in [0.29, 0.717) is 12.1 Å². The first-order chi connectivity index (χ1) is 7.24. The zero-order valence-corrected chi connectivity index (χ0v) is 9.50. The lowest BCUT2D eigenvalue weighted by Gasteiger charge is -2.12. The maximum Gasteiger partial charge on any atom is 0.0409 e. The highest BCUT2D eigenvalue weighted by Gasteiger charge is 2.20. The fourth-order valence-electron chi connectivity index (χ4n) is 2.11. The molecule has 1 aliphatic carbocycles. The molecule has 3 N–H and O–H groups in total. The molecular formula is C12H17ClN2. The van der Waals surface area contributed by atoms with Gasteiger partial charge in [0, 0.05) is 23.7 Å². The molecule has 0 spiro atoms. The van der Waals surface area contributed by atoms with Gasteiger partial charge in [0.1, 0.15) is 0 Å². The maximum atomic E-state index is 5.92. The van der Waals surface area contributed by atoms with Crippen molar-refractivity contribution in [3.63, 3.8) is 0 Å². The van der Waals surface area contributed by atoms with Gasteiger partial charge in [-0.25, -0.2) is 0 Å². The number of hydrogen-bond donors (Lipinski definition) is 2. The monoisotopic (exact) mass is 224 g/mol. The van der Waals surface area contributed by atoms with Gasteiger partial charge in [-0.15, -0.1) is 0 Å². The predicted octanol–water partition coefficient (Wildman–Crippen LogP) is 2.31. The molecule has 0 heterocycles. The Balaban J connectivity index is 1.83. The second kappa shape index (κ2) is 4.97. The van der Waals surface area contributed by atoms with Gasteiger partial charge in [0.2, 0.25) is 0 Å². The minimum atomic E-state index is 0.391. The van der Waals surface area contributed by atoms with Crippen LogP contribution in [0.4, 0.5) is 0 Å². The first kappa shape index (κ1) is 10.9. The number of nitrogens with one attached hydrogen (secondary N) is 1. The average molecular weight is 225 g/mol. The second-order valence-corrected chi connectivity index (χ2v) is 4.72. The normalized spacial score (nSPS) is 25.7. The van der Waals surface area contributed by atoms with Crippen LogP contribution in [-0.4, -0.2) is 12.1 Å². The number of halogens is 1. The summed E-state index contributed by atoms with van der Waals surface area (Å²) in [5.41, 5.74) is 7.10. The van der Waals surface area contributed by atoms with E-state index in [1.54, 1.807) is 0 Å². The Hall–Kier alpha value is -0.570. The number of hydrogen-bond acceptors (Lipinski definition) is 2. The van der Waals surface area contributed by atoms with Crippen LogP contribution in [0.5, 0.6) is 0 Å². The molecule has 82 valence electrons. The summed E-state index contributed by atoms with van der Waals surface area (Å²) < 4.78 is 0. The number of nitrogens with two attached hydrogens (primary N) is 1. The van der Waals surface area contributed by atoms with Crippen molar-refractivity contribution in [2.75, 3.05) is 0 Å². The lowest BCUT2D eigenvalue weighted by molar-refractivity contribution is 0.517. The molecule has 0 radical (unpaired) electrons. The summed E-state index contributed by atoms with van der Waals surface area (Å²) >= 11 is 5.92. The van der Waals surface area contributed by atoms with Crippen molar-refractivity contribution in [2.45, 2.75) is 37.9 Å². The van der Waals surface area contributed by atoms with E-state index in [0.717, 1.165) is 24.4 Å². The molecule has 0 amide bonds. The lowest BCUT2D eigenvalue weighted by atomic mass is 10.2. The van der Waals surface area contributed by atoms with E-state index in [1.165, 1.54) is 12.0 Å². The quantitative estimate of drug-likeness (QED) is 0.827. The van der Waals surface area contributed by atoms with E-state index < -0.39 is 0 Å². The van der Waals surface area contributed by atoms with Gasteiger partial charge in [-0.3, -0.25) is 0 Å². The van der Waals surface area contributed by atoms with E-state index in [-0.39, 0.29) is 0 Å². The number of rotatable bonds is 3. The third-order valence-electron chi connectivity index (χ3n) is 2.96. The molecule has 1 aromatic rings. The highest BCUT2D eigenvalue weighted by atomic mass is 35.5. The molecule has 0 bridgehead atoms. The molecule has 2 atom stereocenters. The van der Waals surface area contributed by atoms with Crippen molar-refractivity contribution >= 4 is 11.6 Å². The standard InChI is InChI=1S/C12H17ClN2/c13-10-3-1-2-9(6-10)8-15-12-5-4-11(14)7-12/h1-3,6,11-12,15H,4-5,7-8,14H2. The molecule has 1 saturated carbocycles. The van der Waals surface area contributed by atoms with Crippen molar-refractivity contribution in [2.24, 2.45) is 5.73 Å². The van der Waals surface area contributed by atoms with Crippen molar-refractivity contribution in [1.82, 2.24) is 5.32 Å². The molecule has 2 unspecified atom stereocenters. The van der Waals surface area contributed by atoms with Crippen molar-refractivity contribution in [3.05, 3.63) is 34.9 Å². The Morgan fingerprint density at radius 3 is 2.93 bits per heavy atom. The van der Waals surface area contributed by atoms with E-state index in [9.17, 15) is 0 Å². The summed E-state index contributed by atoms with van der Waals surface area (Å²) in [5.74, 6) is 0. The Morgan fingerprint density at radius 2 is 2.27 bits per heavy atom. The Bertz CT molecular complexity index is 327. The van der Waals surface area contributed by atoms with Gasteiger partial charge in [0.25, 0.3) is 0 Å². The van der Waals surface area contributed by atoms with Crippen LogP contribution in [0.2, 0.25) is 5.02 Å². The fraction of sp³-hybridized carbons (Fsp3) is 0.500. The minimum Gasteiger partial charge on any atom is -0.328 e. The summed E-state index contributed by atoms with van der Waals surface area (Å²) in [6.07, 6.45) is 3.44. The Kier molecular flexibility index (Phi) is 3.62. The topological polar surface area (TPSA) is 38.0 Å². The first-order valence-electron chi connectivity index (χ1n) is 5.47. The van der Waals surface area contributed by atoms with Crippen LogP contribution >= 0.6 is 11.6 Å². The largest absolute Gasteiger partial charge is 0.328 e. The van der Waals surface area contributed by atoms with Crippen LogP contribution in [0.1, 0.15) is 24.8 Å². The number of benzene rings is 1. The van der Waals surface area contributed by atoms with Gasteiger partial charge in [-0.1, -0.05) is 23.7 Å². The Morgan fingerprint density at radius 1 is 1.40 bits per heavy atom. The van der Waals surface area contributed by atoms with Gasteiger partial charge in [-0.05, 0) is 37.0 Å². The second-order valence-electron chi connectivity index (χ2n) is 4.28. The van der Waals surface area contributed by atoms with Gasteiger partial charge >= 0.3 is 0 Å². The van der Waals surface area contributed by atoms with E-state index in [4.69, 9.17) is 17.3 Å². The highest BCUT2D eigenvalue weighted by molar-refractivity contribution is 6.30. The van der Waals surface area contributed by atoms with Crippen molar-refractivity contribution < 1.29 is 0 Å². The zero-order chi connectivity index (χ0) is 10.7. The van der Waals surface area contributed by atoms with E-state index in [1.807, 2.05) is 18.2 Å². The Labute approximate surface area is 95.8 Å². The summed E-state index contributed by atoms with van der Waals surface area (Å²) in [6, 6.07) is 8.95. The van der Waals surface area contributed by atoms with Crippen LogP contribution in [0.15, 0.2) is 24.3 Å². The third-order valence-corrected chi connectivity index (χ3v) is 3.19. The van der Waals surface area contributed by atoms with Crippen molar-refractivity contribution in [3.8, 4) is 0 Å². The van der Waals surface area contributed by atoms with Crippen LogP contribution in [-0.2, 0) is 6.54 Å². The smallest absolute Gasteiger partial charge is 0.0409 e. The molecule has 2 rings (SSSR count). The van der Waals surface area contributed by atoms with Gasteiger partial charge in [0.15, 0.2) is 0 Å². The summed E-state index contributed by atoms with van der Waals surface area (Å²) in [4.78, 5) is 0. The zero-order valence-electron chi connectivity index (χ0n) is 8.75. The molecule has 0 saturated heterocycles. The molecule has 1 aliphatic rings. The average Bonchev–Trinajstić information content (AvgIpc) is 2.62. The maximum absolute atomic E-state index is 5.92. The first-order valence-corrected chi connectivity index (χ1v) is 5.85. The molecule has 0 aromatic heterocycles. The van der Waals surface area contributed by atoms with Gasteiger partial charge in [0.05, 0.1) is 0 Å². The third kappa shape index (κ3) is 3.20. The molecule has 3 heteroatoms. The lowest BCUT2D eigenvalue weighted by Crippen LogP contribution is -2.27. The van der Waals surface area contributed by atoms with Crippen LogP contribution < -0.4 is 11.1 Å². The molecule has 2 nitrogen and oxygen atoms in total. The molecule has 1 aromatic carbocycles. The van der Waals surface area contributed by atoms with Gasteiger partial charge in [-0.2, -0.15) is 0 Å². The molecular weight excluding hydrogens is 208 g/mol. The molecule has 1 fully saturated rings. The minimum absolute atomic E-state index is 0.391. The summed E-state index contributed by atoms with van der Waals surface area (Å²) in [5, 5.41) is 4.32. The molecule has 0 aliphatic heterocycles. The van der Waals surface area contributed by atoms with E-state index in [2.05, 4.69) is 11.4 Å². The van der Waals surface area contributed by atoms with Crippen LogP contribution in [0.25, 0.3) is 0 Å². The van der Waals surface area contributed by atoms with Crippen LogP contribution in [0, 0.1) is 0 Å². The summed E-state index contributed by atoms with van der Waals surface area (Å²) in [7, 11) is 0. The highest BCUT2D eigenvalue weighted by Crippen LogP contribution is 2.18. The van der Waals surface area contributed by atoms with E-state index >= 15 is 0 Å².